The summed E-state index contributed by atoms with van der Waals surface area (Å²) < 4.78 is 19.8. The second-order valence-electron chi connectivity index (χ2n) is 8.60. The Morgan fingerprint density at radius 1 is 1.07 bits per heavy atom. The van der Waals surface area contributed by atoms with Gasteiger partial charge in [0.2, 0.25) is 5.91 Å². The van der Waals surface area contributed by atoms with Gasteiger partial charge in [-0.1, -0.05) is 30.3 Å². The van der Waals surface area contributed by atoms with Crippen molar-refractivity contribution in [1.82, 2.24) is 5.32 Å². The second kappa shape index (κ2) is 7.42. The predicted octanol–water partition coefficient (Wildman–Crippen LogP) is 3.78. The molecule has 2 fully saturated rings. The van der Waals surface area contributed by atoms with Crippen LogP contribution in [0.3, 0.4) is 0 Å². The molecule has 2 aromatic carbocycles. The summed E-state index contributed by atoms with van der Waals surface area (Å²) in [6.45, 7) is 1.35. The topological polar surface area (TPSA) is 58.6 Å². The van der Waals surface area contributed by atoms with Crippen LogP contribution in [0.4, 0.5) is 10.1 Å². The van der Waals surface area contributed by atoms with Crippen molar-refractivity contribution in [3.8, 4) is 0 Å². The molecule has 1 saturated carbocycles. The van der Waals surface area contributed by atoms with Crippen LogP contribution >= 0.6 is 0 Å². The highest BCUT2D eigenvalue weighted by Crippen LogP contribution is 2.48. The maximum Gasteiger partial charge on any atom is 0.339 e. The van der Waals surface area contributed by atoms with Gasteiger partial charge in [0.25, 0.3) is 0 Å². The van der Waals surface area contributed by atoms with Gasteiger partial charge in [-0.15, -0.1) is 0 Å². The lowest BCUT2D eigenvalue weighted by molar-refractivity contribution is -0.128. The number of halogens is 1. The van der Waals surface area contributed by atoms with E-state index in [2.05, 4.69) is 5.32 Å². The Bertz CT molecular complexity index is 984. The molecule has 2 aliphatic heterocycles. The number of ether oxygens (including phenoxy) is 1. The normalized spacial score (nSPS) is 27.8. The number of rotatable bonds is 3. The van der Waals surface area contributed by atoms with Crippen LogP contribution in [0.15, 0.2) is 48.5 Å². The fraction of sp³-hybridized carbons (Fsp3) is 0.417. The first-order valence-corrected chi connectivity index (χ1v) is 10.7. The number of amides is 1. The summed E-state index contributed by atoms with van der Waals surface area (Å²) in [4.78, 5) is 27.1. The van der Waals surface area contributed by atoms with E-state index in [9.17, 15) is 14.0 Å². The average Bonchev–Trinajstić information content (AvgIpc) is 3.32. The number of hydrogen-bond acceptors (Lipinski definition) is 4. The molecule has 1 atom stereocenters. The Balaban J connectivity index is 1.19. The van der Waals surface area contributed by atoms with E-state index in [1.807, 2.05) is 35.2 Å². The molecule has 5 rings (SSSR count). The van der Waals surface area contributed by atoms with Crippen molar-refractivity contribution < 1.29 is 18.7 Å². The third-order valence-electron chi connectivity index (χ3n) is 6.82. The summed E-state index contributed by atoms with van der Waals surface area (Å²) in [7, 11) is 0. The second-order valence-corrected chi connectivity index (χ2v) is 8.60. The molecular weight excluding hydrogens is 383 g/mol. The number of benzene rings is 2. The maximum absolute atomic E-state index is 14.0. The largest absolute Gasteiger partial charge is 0.451 e. The van der Waals surface area contributed by atoms with Gasteiger partial charge in [0.1, 0.15) is 11.4 Å². The van der Waals surface area contributed by atoms with Gasteiger partial charge in [-0.3, -0.25) is 4.79 Å². The predicted molar refractivity (Wildman–Crippen MR) is 111 cm³/mol. The summed E-state index contributed by atoms with van der Waals surface area (Å²) >= 11 is 0. The van der Waals surface area contributed by atoms with Gasteiger partial charge in [0.05, 0.1) is 11.3 Å². The number of esters is 1. The number of anilines is 1. The van der Waals surface area contributed by atoms with Crippen LogP contribution in [0.25, 0.3) is 0 Å². The van der Waals surface area contributed by atoms with Crippen molar-refractivity contribution in [3.63, 3.8) is 0 Å². The molecule has 1 spiro atoms. The Morgan fingerprint density at radius 2 is 1.80 bits per heavy atom. The van der Waals surface area contributed by atoms with Gasteiger partial charge in [0.15, 0.2) is 0 Å². The molecule has 1 N–H and O–H groups in total. The number of carbonyl (C=O) groups is 2. The van der Waals surface area contributed by atoms with Crippen molar-refractivity contribution in [1.29, 1.82) is 0 Å². The molecule has 0 radical (unpaired) electrons. The van der Waals surface area contributed by atoms with Crippen LogP contribution in [0.5, 0.6) is 0 Å². The highest BCUT2D eigenvalue weighted by Gasteiger charge is 2.48. The van der Waals surface area contributed by atoms with Crippen LogP contribution < -0.4 is 10.2 Å². The lowest BCUT2D eigenvalue weighted by Gasteiger charge is -2.36. The average molecular weight is 408 g/mol. The zero-order valence-electron chi connectivity index (χ0n) is 16.8. The molecule has 6 heteroatoms. The van der Waals surface area contributed by atoms with E-state index in [1.54, 1.807) is 12.1 Å². The molecule has 1 amide bonds. The lowest BCUT2D eigenvalue weighted by atomic mass is 9.74. The third-order valence-corrected chi connectivity index (χ3v) is 6.82. The minimum atomic E-state index is -0.570. The molecule has 0 aromatic heterocycles. The van der Waals surface area contributed by atoms with Gasteiger partial charge in [0, 0.05) is 30.6 Å². The van der Waals surface area contributed by atoms with Crippen molar-refractivity contribution in [3.05, 3.63) is 65.5 Å². The van der Waals surface area contributed by atoms with Crippen molar-refractivity contribution in [2.75, 3.05) is 18.0 Å². The van der Waals surface area contributed by atoms with E-state index in [-0.39, 0.29) is 29.7 Å². The van der Waals surface area contributed by atoms with E-state index in [0.29, 0.717) is 43.5 Å². The summed E-state index contributed by atoms with van der Waals surface area (Å²) in [5.41, 5.74) is 1.64. The monoisotopic (exact) mass is 408 g/mol. The van der Waals surface area contributed by atoms with E-state index in [0.717, 1.165) is 18.5 Å². The van der Waals surface area contributed by atoms with Gasteiger partial charge in [-0.25, -0.2) is 9.18 Å². The standard InChI is InChI=1S/C24H25FN2O3/c25-20-7-3-4-8-21(20)27-14-11-17(15-27)26-22(28)16-9-12-24(13-10-16)19-6-2-1-5-18(19)23(29)30-24/h1-8,16-17H,9-15H2,(H,26,28)/t16?,17-,24?/m0/s1. The molecule has 1 saturated heterocycles. The Kier molecular flexibility index (Phi) is 4.72. The van der Waals surface area contributed by atoms with E-state index in [4.69, 9.17) is 4.74 Å². The van der Waals surface area contributed by atoms with Crippen molar-refractivity contribution >= 4 is 17.6 Å². The molecular formula is C24H25FN2O3. The van der Waals surface area contributed by atoms with E-state index in [1.165, 1.54) is 6.07 Å². The lowest BCUT2D eigenvalue weighted by Crippen LogP contribution is -2.43. The van der Waals surface area contributed by atoms with Crippen molar-refractivity contribution in [2.45, 2.75) is 43.7 Å². The van der Waals surface area contributed by atoms with Crippen LogP contribution in [0, 0.1) is 11.7 Å². The van der Waals surface area contributed by atoms with E-state index < -0.39 is 5.60 Å². The van der Waals surface area contributed by atoms with Crippen molar-refractivity contribution in [2.24, 2.45) is 5.92 Å². The Labute approximate surface area is 175 Å². The zero-order valence-corrected chi connectivity index (χ0v) is 16.8. The molecule has 0 bridgehead atoms. The molecule has 1 aliphatic carbocycles. The first-order chi connectivity index (χ1) is 14.6. The summed E-state index contributed by atoms with van der Waals surface area (Å²) in [5.74, 6) is -0.506. The maximum atomic E-state index is 14.0. The number of nitrogens with zero attached hydrogens (tertiary/aromatic N) is 1. The first kappa shape index (κ1) is 19.1. The highest BCUT2D eigenvalue weighted by molar-refractivity contribution is 5.94. The minimum absolute atomic E-state index is 0.0260. The van der Waals surface area contributed by atoms with Crippen LogP contribution in [0.2, 0.25) is 0 Å². The summed E-state index contributed by atoms with van der Waals surface area (Å²) in [6, 6.07) is 14.3. The minimum Gasteiger partial charge on any atom is -0.451 e. The highest BCUT2D eigenvalue weighted by atomic mass is 19.1. The first-order valence-electron chi connectivity index (χ1n) is 10.7. The van der Waals surface area contributed by atoms with Gasteiger partial charge in [-0.2, -0.15) is 0 Å². The Hall–Kier alpha value is -2.89. The quantitative estimate of drug-likeness (QED) is 0.786. The molecule has 2 heterocycles. The molecule has 156 valence electrons. The number of fused-ring (bicyclic) bond motifs is 2. The van der Waals surface area contributed by atoms with Crippen LogP contribution in [-0.2, 0) is 15.1 Å². The summed E-state index contributed by atoms with van der Waals surface area (Å²) in [5, 5.41) is 3.16. The molecule has 5 nitrogen and oxygen atoms in total. The molecule has 0 unspecified atom stereocenters. The number of para-hydroxylation sites is 1. The SMILES string of the molecule is O=C1OC2(CCC(C(=O)N[C@H]3CCN(c4ccccc4F)C3)CC2)c2ccccc21. The number of hydrogen-bond donors (Lipinski definition) is 1. The van der Waals surface area contributed by atoms with Crippen LogP contribution in [-0.4, -0.2) is 31.0 Å². The summed E-state index contributed by atoms with van der Waals surface area (Å²) in [6.07, 6.45) is 3.52. The molecule has 3 aliphatic rings. The Morgan fingerprint density at radius 3 is 2.60 bits per heavy atom. The van der Waals surface area contributed by atoms with Gasteiger partial charge in [-0.05, 0) is 50.3 Å². The number of carbonyl (C=O) groups excluding carboxylic acids is 2. The fourth-order valence-corrected chi connectivity index (χ4v) is 5.19. The third kappa shape index (κ3) is 3.24. The molecule has 2 aromatic rings. The smallest absolute Gasteiger partial charge is 0.339 e. The van der Waals surface area contributed by atoms with Gasteiger partial charge >= 0.3 is 5.97 Å². The number of nitrogens with one attached hydrogen (secondary N) is 1. The van der Waals surface area contributed by atoms with Gasteiger partial charge < -0.3 is 15.0 Å². The fourth-order valence-electron chi connectivity index (χ4n) is 5.19. The zero-order chi connectivity index (χ0) is 20.7. The molecule has 30 heavy (non-hydrogen) atoms. The van der Waals surface area contributed by atoms with Crippen LogP contribution in [0.1, 0.15) is 48.0 Å². The van der Waals surface area contributed by atoms with E-state index >= 15 is 0 Å².